The summed E-state index contributed by atoms with van der Waals surface area (Å²) >= 11 is 0. The van der Waals surface area contributed by atoms with Crippen LogP contribution in [0.25, 0.3) is 0 Å². The Morgan fingerprint density at radius 2 is 2.00 bits per heavy atom. The predicted molar refractivity (Wildman–Crippen MR) is 69.1 cm³/mol. The molecule has 1 aromatic heterocycles. The predicted octanol–water partition coefficient (Wildman–Crippen LogP) is 1.75. The average Bonchev–Trinajstić information content (AvgIpc) is 2.51. The zero-order chi connectivity index (χ0) is 13.1. The Bertz CT molecular complexity index is 382. The number of oxazole rings is 1. The first-order valence-corrected chi connectivity index (χ1v) is 5.73. The molecule has 96 valence electrons. The van der Waals surface area contributed by atoms with Crippen molar-refractivity contribution in [2.75, 3.05) is 7.05 Å². The van der Waals surface area contributed by atoms with Crippen molar-refractivity contribution >= 4 is 5.96 Å². The number of hydrogen-bond acceptors (Lipinski definition) is 3. The summed E-state index contributed by atoms with van der Waals surface area (Å²) in [6.45, 7) is 10.6. The van der Waals surface area contributed by atoms with Gasteiger partial charge < -0.3 is 15.1 Å². The number of aliphatic imine (C=N–C) groups is 1. The number of guanidine groups is 1. The molecule has 1 aromatic rings. The molecule has 0 aliphatic rings. The molecular formula is C12H22N4O. The van der Waals surface area contributed by atoms with Crippen LogP contribution >= 0.6 is 0 Å². The van der Waals surface area contributed by atoms with E-state index in [2.05, 4.69) is 41.4 Å². The monoisotopic (exact) mass is 238 g/mol. The summed E-state index contributed by atoms with van der Waals surface area (Å²) in [5.74, 6) is 2.28. The van der Waals surface area contributed by atoms with Crippen LogP contribution in [0, 0.1) is 13.8 Å². The molecule has 0 radical (unpaired) electrons. The summed E-state index contributed by atoms with van der Waals surface area (Å²) in [7, 11) is 1.74. The van der Waals surface area contributed by atoms with Crippen LogP contribution in [0.5, 0.6) is 0 Å². The number of nitrogens with zero attached hydrogens (tertiary/aromatic N) is 2. The van der Waals surface area contributed by atoms with Gasteiger partial charge in [-0.05, 0) is 34.6 Å². The second-order valence-electron chi connectivity index (χ2n) is 5.05. The molecule has 17 heavy (non-hydrogen) atoms. The summed E-state index contributed by atoms with van der Waals surface area (Å²) in [5, 5.41) is 6.43. The van der Waals surface area contributed by atoms with E-state index in [1.165, 1.54) is 0 Å². The van der Waals surface area contributed by atoms with Gasteiger partial charge in [-0.15, -0.1) is 0 Å². The first kappa shape index (κ1) is 13.5. The molecule has 0 aliphatic heterocycles. The zero-order valence-corrected chi connectivity index (χ0v) is 11.5. The van der Waals surface area contributed by atoms with Gasteiger partial charge in [-0.1, -0.05) is 0 Å². The van der Waals surface area contributed by atoms with Crippen LogP contribution < -0.4 is 10.6 Å². The van der Waals surface area contributed by atoms with Gasteiger partial charge in [0, 0.05) is 12.6 Å². The van der Waals surface area contributed by atoms with Crippen LogP contribution in [0.4, 0.5) is 0 Å². The molecule has 0 spiro atoms. The largest absolute Gasteiger partial charge is 0.444 e. The minimum atomic E-state index is -0.0235. The molecule has 0 unspecified atom stereocenters. The molecule has 5 heteroatoms. The van der Waals surface area contributed by atoms with Gasteiger partial charge in [-0.2, -0.15) is 0 Å². The van der Waals surface area contributed by atoms with Crippen LogP contribution in [0.1, 0.15) is 38.1 Å². The standard InChI is InChI=1S/C12H22N4O/c1-8-9(2)17-10(15-8)7-14-11(13-6)16-12(3,4)5/h7H2,1-6H3,(H2,13,14,16). The van der Waals surface area contributed by atoms with Crippen molar-refractivity contribution < 1.29 is 4.42 Å². The zero-order valence-electron chi connectivity index (χ0n) is 11.5. The van der Waals surface area contributed by atoms with Gasteiger partial charge in [0.1, 0.15) is 5.76 Å². The van der Waals surface area contributed by atoms with E-state index in [1.54, 1.807) is 7.05 Å². The first-order chi connectivity index (χ1) is 7.81. The fraction of sp³-hybridized carbons (Fsp3) is 0.667. The normalized spacial score (nSPS) is 12.7. The van der Waals surface area contributed by atoms with Crippen LogP contribution in [-0.4, -0.2) is 23.5 Å². The van der Waals surface area contributed by atoms with Gasteiger partial charge in [0.2, 0.25) is 5.89 Å². The molecular weight excluding hydrogens is 216 g/mol. The molecule has 0 bridgehead atoms. The third-order valence-electron chi connectivity index (χ3n) is 2.20. The van der Waals surface area contributed by atoms with Gasteiger partial charge in [-0.3, -0.25) is 4.99 Å². The van der Waals surface area contributed by atoms with E-state index >= 15 is 0 Å². The lowest BCUT2D eigenvalue weighted by molar-refractivity contribution is 0.457. The molecule has 5 nitrogen and oxygen atoms in total. The minimum Gasteiger partial charge on any atom is -0.444 e. The van der Waals surface area contributed by atoms with E-state index in [1.807, 2.05) is 13.8 Å². The maximum absolute atomic E-state index is 5.48. The number of rotatable bonds is 2. The Morgan fingerprint density at radius 1 is 1.35 bits per heavy atom. The van der Waals surface area contributed by atoms with Crippen LogP contribution in [0.15, 0.2) is 9.41 Å². The van der Waals surface area contributed by atoms with Gasteiger partial charge in [0.05, 0.1) is 12.2 Å². The van der Waals surface area contributed by atoms with Crippen molar-refractivity contribution in [2.45, 2.75) is 46.7 Å². The lowest BCUT2D eigenvalue weighted by Crippen LogP contribution is -2.47. The number of aromatic nitrogens is 1. The molecule has 0 aromatic carbocycles. The first-order valence-electron chi connectivity index (χ1n) is 5.73. The molecule has 0 fully saturated rings. The fourth-order valence-corrected chi connectivity index (χ4v) is 1.31. The Labute approximate surface area is 103 Å². The third kappa shape index (κ3) is 4.46. The molecule has 0 atom stereocenters. The van der Waals surface area contributed by atoms with Crippen LogP contribution in [0.2, 0.25) is 0 Å². The molecule has 1 heterocycles. The maximum atomic E-state index is 5.48. The van der Waals surface area contributed by atoms with E-state index in [4.69, 9.17) is 4.42 Å². The molecule has 1 rings (SSSR count). The highest BCUT2D eigenvalue weighted by Crippen LogP contribution is 2.07. The van der Waals surface area contributed by atoms with Crippen molar-refractivity contribution in [3.8, 4) is 0 Å². The topological polar surface area (TPSA) is 62.5 Å². The van der Waals surface area contributed by atoms with Gasteiger partial charge in [-0.25, -0.2) is 4.98 Å². The van der Waals surface area contributed by atoms with E-state index < -0.39 is 0 Å². The quantitative estimate of drug-likeness (QED) is 0.608. The summed E-state index contributed by atoms with van der Waals surface area (Å²) in [4.78, 5) is 8.44. The van der Waals surface area contributed by atoms with Crippen LogP contribution in [0.3, 0.4) is 0 Å². The molecule has 0 amide bonds. The third-order valence-corrected chi connectivity index (χ3v) is 2.20. The van der Waals surface area contributed by atoms with Crippen molar-refractivity contribution in [2.24, 2.45) is 4.99 Å². The molecule has 0 aliphatic carbocycles. The van der Waals surface area contributed by atoms with E-state index in [0.717, 1.165) is 17.4 Å². The van der Waals surface area contributed by atoms with Crippen molar-refractivity contribution in [1.29, 1.82) is 0 Å². The molecule has 0 saturated carbocycles. The van der Waals surface area contributed by atoms with Crippen molar-refractivity contribution in [3.05, 3.63) is 17.3 Å². The van der Waals surface area contributed by atoms with E-state index in [9.17, 15) is 0 Å². The summed E-state index contributed by atoms with van der Waals surface area (Å²) in [5.41, 5.74) is 0.908. The molecule has 2 N–H and O–H groups in total. The second kappa shape index (κ2) is 5.21. The van der Waals surface area contributed by atoms with Gasteiger partial charge in [0.25, 0.3) is 0 Å². The lowest BCUT2D eigenvalue weighted by atomic mass is 10.1. The maximum Gasteiger partial charge on any atom is 0.214 e. The van der Waals surface area contributed by atoms with E-state index in [-0.39, 0.29) is 5.54 Å². The molecule has 0 saturated heterocycles. The Morgan fingerprint density at radius 3 is 2.41 bits per heavy atom. The number of hydrogen-bond donors (Lipinski definition) is 2. The Hall–Kier alpha value is -1.52. The highest BCUT2D eigenvalue weighted by atomic mass is 16.4. The van der Waals surface area contributed by atoms with Gasteiger partial charge >= 0.3 is 0 Å². The Balaban J connectivity index is 2.54. The second-order valence-corrected chi connectivity index (χ2v) is 5.05. The SMILES string of the molecule is CN=C(NCc1nc(C)c(C)o1)NC(C)(C)C. The van der Waals surface area contributed by atoms with Crippen molar-refractivity contribution in [3.63, 3.8) is 0 Å². The smallest absolute Gasteiger partial charge is 0.214 e. The number of nitrogens with one attached hydrogen (secondary N) is 2. The highest BCUT2D eigenvalue weighted by Gasteiger charge is 2.12. The van der Waals surface area contributed by atoms with Crippen LogP contribution in [-0.2, 0) is 6.54 Å². The summed E-state index contributed by atoms with van der Waals surface area (Å²) in [6.07, 6.45) is 0. The van der Waals surface area contributed by atoms with E-state index in [0.29, 0.717) is 12.4 Å². The fourth-order valence-electron chi connectivity index (χ4n) is 1.31. The lowest BCUT2D eigenvalue weighted by Gasteiger charge is -2.23. The summed E-state index contributed by atoms with van der Waals surface area (Å²) in [6, 6.07) is 0. The minimum absolute atomic E-state index is 0.0235. The Kier molecular flexibility index (Phi) is 4.15. The summed E-state index contributed by atoms with van der Waals surface area (Å²) < 4.78 is 5.48. The van der Waals surface area contributed by atoms with Crippen molar-refractivity contribution in [1.82, 2.24) is 15.6 Å². The highest BCUT2D eigenvalue weighted by molar-refractivity contribution is 5.80. The number of aryl methyl sites for hydroxylation is 2. The average molecular weight is 238 g/mol. The van der Waals surface area contributed by atoms with Gasteiger partial charge in [0.15, 0.2) is 5.96 Å².